The van der Waals surface area contributed by atoms with Gasteiger partial charge in [-0.15, -0.1) is 12.4 Å². The maximum Gasteiger partial charge on any atom is 0.253 e. The predicted molar refractivity (Wildman–Crippen MR) is 75.3 cm³/mol. The average Bonchev–Trinajstić information content (AvgIpc) is 2.36. The summed E-state index contributed by atoms with van der Waals surface area (Å²) in [6.45, 7) is 2.07. The number of halogens is 1. The molecule has 0 fully saturated rings. The Bertz CT molecular complexity index is 355. The van der Waals surface area contributed by atoms with Crippen LogP contribution in [0.3, 0.4) is 0 Å². The van der Waals surface area contributed by atoms with Crippen molar-refractivity contribution in [3.63, 3.8) is 0 Å². The highest BCUT2D eigenvalue weighted by Gasteiger charge is 2.10. The van der Waals surface area contributed by atoms with Gasteiger partial charge in [0.25, 0.3) is 5.91 Å². The molecule has 0 radical (unpaired) electrons. The minimum absolute atomic E-state index is 0. The molecule has 0 aliphatic carbocycles. The number of nitrogens with one attached hydrogen (secondary N) is 1. The molecule has 1 amide bonds. The van der Waals surface area contributed by atoms with Crippen LogP contribution in [0.5, 0.6) is 0 Å². The van der Waals surface area contributed by atoms with Crippen molar-refractivity contribution in [2.75, 3.05) is 34.3 Å². The van der Waals surface area contributed by atoms with Gasteiger partial charge < -0.3 is 15.0 Å². The van der Waals surface area contributed by atoms with Gasteiger partial charge in [0.2, 0.25) is 0 Å². The smallest absolute Gasteiger partial charge is 0.253 e. The van der Waals surface area contributed by atoms with Crippen LogP contribution in [-0.2, 0) is 11.3 Å². The summed E-state index contributed by atoms with van der Waals surface area (Å²) < 4.78 is 5.03. The minimum Gasteiger partial charge on any atom is -0.380 e. The molecule has 1 N–H and O–H groups in total. The Hall–Kier alpha value is -1.10. The van der Waals surface area contributed by atoms with Gasteiger partial charge in [0, 0.05) is 32.8 Å². The first-order valence-corrected chi connectivity index (χ1v) is 5.67. The van der Waals surface area contributed by atoms with E-state index >= 15 is 0 Å². The van der Waals surface area contributed by atoms with Crippen LogP contribution in [0.4, 0.5) is 0 Å². The fraction of sp³-hybridized carbons (Fsp3) is 0.462. The predicted octanol–water partition coefficient (Wildman–Crippen LogP) is 1.55. The first-order chi connectivity index (χ1) is 8.19. The molecule has 0 saturated carbocycles. The standard InChI is InChI=1S/C13H20N2O2.ClH/c1-14-8-9-15(2)13(16)12-6-4-11(5-7-12)10-17-3;/h4-7,14H,8-10H2,1-3H3;1H. The Morgan fingerprint density at radius 1 is 1.33 bits per heavy atom. The number of rotatable bonds is 6. The number of carbonyl (C=O) groups excluding carboxylic acids is 1. The molecule has 0 heterocycles. The van der Waals surface area contributed by atoms with Gasteiger partial charge in [-0.25, -0.2) is 0 Å². The van der Waals surface area contributed by atoms with Gasteiger partial charge in [0.05, 0.1) is 6.61 Å². The van der Waals surface area contributed by atoms with E-state index in [4.69, 9.17) is 4.74 Å². The molecule has 0 atom stereocenters. The molecule has 102 valence electrons. The topological polar surface area (TPSA) is 41.6 Å². The lowest BCUT2D eigenvalue weighted by molar-refractivity contribution is 0.0797. The Morgan fingerprint density at radius 3 is 2.44 bits per heavy atom. The van der Waals surface area contributed by atoms with Gasteiger partial charge in [0.15, 0.2) is 0 Å². The second-order valence-corrected chi connectivity index (χ2v) is 3.96. The summed E-state index contributed by atoms with van der Waals surface area (Å²) in [7, 11) is 5.34. The van der Waals surface area contributed by atoms with Crippen molar-refractivity contribution in [2.45, 2.75) is 6.61 Å². The maximum atomic E-state index is 12.0. The van der Waals surface area contributed by atoms with Crippen LogP contribution in [0.15, 0.2) is 24.3 Å². The molecule has 0 aliphatic heterocycles. The Labute approximate surface area is 115 Å². The van der Waals surface area contributed by atoms with Crippen molar-refractivity contribution < 1.29 is 9.53 Å². The molecule has 0 spiro atoms. The summed E-state index contributed by atoms with van der Waals surface area (Å²) in [5, 5.41) is 3.02. The Kier molecular flexibility index (Phi) is 8.37. The zero-order valence-corrected chi connectivity index (χ0v) is 11.9. The molecule has 1 aromatic carbocycles. The molecule has 0 saturated heterocycles. The molecular weight excluding hydrogens is 252 g/mol. The lowest BCUT2D eigenvalue weighted by atomic mass is 10.1. The van der Waals surface area contributed by atoms with Crippen LogP contribution in [0.25, 0.3) is 0 Å². The van der Waals surface area contributed by atoms with Crippen molar-refractivity contribution >= 4 is 18.3 Å². The quantitative estimate of drug-likeness (QED) is 0.854. The molecule has 0 bridgehead atoms. The van der Waals surface area contributed by atoms with E-state index in [1.54, 1.807) is 12.0 Å². The number of ether oxygens (including phenoxy) is 1. The highest BCUT2D eigenvalue weighted by Crippen LogP contribution is 2.07. The van der Waals surface area contributed by atoms with Gasteiger partial charge >= 0.3 is 0 Å². The summed E-state index contributed by atoms with van der Waals surface area (Å²) >= 11 is 0. The van der Waals surface area contributed by atoms with E-state index in [0.29, 0.717) is 18.7 Å². The first kappa shape index (κ1) is 16.9. The van der Waals surface area contributed by atoms with Crippen molar-refractivity contribution in [1.82, 2.24) is 10.2 Å². The van der Waals surface area contributed by atoms with Gasteiger partial charge in [-0.1, -0.05) is 12.1 Å². The molecule has 18 heavy (non-hydrogen) atoms. The lowest BCUT2D eigenvalue weighted by Crippen LogP contribution is -2.32. The monoisotopic (exact) mass is 272 g/mol. The van der Waals surface area contributed by atoms with Crippen LogP contribution < -0.4 is 5.32 Å². The molecule has 0 unspecified atom stereocenters. The molecule has 1 rings (SSSR count). The first-order valence-electron chi connectivity index (χ1n) is 5.67. The molecule has 0 aliphatic rings. The summed E-state index contributed by atoms with van der Waals surface area (Å²) in [6.07, 6.45) is 0. The van der Waals surface area contributed by atoms with Gasteiger partial charge in [0.1, 0.15) is 0 Å². The van der Waals surface area contributed by atoms with Gasteiger partial charge in [-0.2, -0.15) is 0 Å². The number of benzene rings is 1. The number of amides is 1. The zero-order valence-electron chi connectivity index (χ0n) is 11.1. The van der Waals surface area contributed by atoms with Crippen LogP contribution in [0, 0.1) is 0 Å². The van der Waals surface area contributed by atoms with E-state index in [2.05, 4.69) is 5.32 Å². The van der Waals surface area contributed by atoms with Crippen molar-refractivity contribution in [3.05, 3.63) is 35.4 Å². The molecule has 0 aromatic heterocycles. The number of methoxy groups -OCH3 is 1. The zero-order chi connectivity index (χ0) is 12.7. The van der Waals surface area contributed by atoms with E-state index in [9.17, 15) is 4.79 Å². The highest BCUT2D eigenvalue weighted by atomic mass is 35.5. The van der Waals surface area contributed by atoms with E-state index in [1.165, 1.54) is 0 Å². The number of nitrogens with zero attached hydrogens (tertiary/aromatic N) is 1. The number of carbonyl (C=O) groups is 1. The van der Waals surface area contributed by atoms with Crippen LogP contribution in [0.1, 0.15) is 15.9 Å². The van der Waals surface area contributed by atoms with Crippen molar-refractivity contribution in [2.24, 2.45) is 0 Å². The van der Waals surface area contributed by atoms with Gasteiger partial charge in [-0.05, 0) is 24.7 Å². The normalized spacial score (nSPS) is 9.72. The number of hydrogen-bond donors (Lipinski definition) is 1. The molecule has 5 heteroatoms. The van der Waals surface area contributed by atoms with Crippen LogP contribution in [0.2, 0.25) is 0 Å². The maximum absolute atomic E-state index is 12.0. The lowest BCUT2D eigenvalue weighted by Gasteiger charge is -2.17. The third kappa shape index (κ3) is 5.04. The van der Waals surface area contributed by atoms with Crippen LogP contribution >= 0.6 is 12.4 Å². The number of likely N-dealkylation sites (N-methyl/N-ethyl adjacent to an activating group) is 2. The van der Waals surface area contributed by atoms with Crippen molar-refractivity contribution in [1.29, 1.82) is 0 Å². The third-order valence-corrected chi connectivity index (χ3v) is 2.56. The SMILES string of the molecule is CNCCN(C)C(=O)c1ccc(COC)cc1.Cl. The van der Waals surface area contributed by atoms with E-state index in [0.717, 1.165) is 12.1 Å². The largest absolute Gasteiger partial charge is 0.380 e. The van der Waals surface area contributed by atoms with Crippen LogP contribution in [-0.4, -0.2) is 45.1 Å². The van der Waals surface area contributed by atoms with E-state index in [1.807, 2.05) is 38.4 Å². The molecular formula is C13H21ClN2O2. The summed E-state index contributed by atoms with van der Waals surface area (Å²) in [5.74, 6) is 0.0456. The van der Waals surface area contributed by atoms with E-state index < -0.39 is 0 Å². The van der Waals surface area contributed by atoms with Crippen molar-refractivity contribution in [3.8, 4) is 0 Å². The second kappa shape index (κ2) is 8.91. The summed E-state index contributed by atoms with van der Waals surface area (Å²) in [6, 6.07) is 7.52. The minimum atomic E-state index is 0. The Morgan fingerprint density at radius 2 is 1.94 bits per heavy atom. The molecule has 1 aromatic rings. The Balaban J connectivity index is 0.00000289. The third-order valence-electron chi connectivity index (χ3n) is 2.56. The fourth-order valence-electron chi connectivity index (χ4n) is 1.51. The van der Waals surface area contributed by atoms with Gasteiger partial charge in [-0.3, -0.25) is 4.79 Å². The summed E-state index contributed by atoms with van der Waals surface area (Å²) in [4.78, 5) is 13.7. The highest BCUT2D eigenvalue weighted by molar-refractivity contribution is 5.94. The summed E-state index contributed by atoms with van der Waals surface area (Å²) in [5.41, 5.74) is 1.78. The molecule has 4 nitrogen and oxygen atoms in total. The number of hydrogen-bond acceptors (Lipinski definition) is 3. The second-order valence-electron chi connectivity index (χ2n) is 3.96. The van der Waals surface area contributed by atoms with E-state index in [-0.39, 0.29) is 18.3 Å². The fourth-order valence-corrected chi connectivity index (χ4v) is 1.51. The average molecular weight is 273 g/mol.